The lowest BCUT2D eigenvalue weighted by molar-refractivity contribution is 0.588. The molecule has 0 atom stereocenters. The van der Waals surface area contributed by atoms with Gasteiger partial charge in [-0.25, -0.2) is 4.98 Å². The van der Waals surface area contributed by atoms with Crippen LogP contribution in [0.1, 0.15) is 48.6 Å². The summed E-state index contributed by atoms with van der Waals surface area (Å²) in [6.07, 6.45) is 0. The van der Waals surface area contributed by atoms with E-state index in [4.69, 9.17) is 9.40 Å². The Hall–Kier alpha value is -2.87. The van der Waals surface area contributed by atoms with Gasteiger partial charge in [-0.2, -0.15) is 0 Å². The average Bonchev–Trinajstić information content (AvgIpc) is 3.02. The van der Waals surface area contributed by atoms with Crippen molar-refractivity contribution in [3.8, 4) is 22.6 Å². The van der Waals surface area contributed by atoms with Crippen molar-refractivity contribution >= 4 is 11.1 Å². The van der Waals surface area contributed by atoms with E-state index in [2.05, 4.69) is 84.9 Å². The van der Waals surface area contributed by atoms with Crippen LogP contribution in [0.5, 0.6) is 0 Å². The first-order valence-electron chi connectivity index (χ1n) is 10.2. The zero-order valence-corrected chi connectivity index (χ0v) is 18.5. The summed E-state index contributed by atoms with van der Waals surface area (Å²) in [5.41, 5.74) is 11.5. The lowest BCUT2D eigenvalue weighted by Crippen LogP contribution is -2.12. The molecule has 0 spiro atoms. The third kappa shape index (κ3) is 3.72. The Kier molecular flexibility index (Phi) is 4.61. The quantitative estimate of drug-likeness (QED) is 0.354. The van der Waals surface area contributed by atoms with E-state index >= 15 is 0 Å². The van der Waals surface area contributed by atoms with Gasteiger partial charge in [0.2, 0.25) is 0 Å². The highest BCUT2D eigenvalue weighted by molar-refractivity contribution is 5.83. The van der Waals surface area contributed by atoms with Crippen LogP contribution < -0.4 is 0 Å². The van der Waals surface area contributed by atoms with E-state index in [1.165, 1.54) is 33.4 Å². The fourth-order valence-corrected chi connectivity index (χ4v) is 4.12. The molecule has 2 aromatic carbocycles. The van der Waals surface area contributed by atoms with E-state index in [-0.39, 0.29) is 5.41 Å². The van der Waals surface area contributed by atoms with E-state index in [0.29, 0.717) is 0 Å². The number of hydrogen-bond acceptors (Lipinski definition) is 2. The summed E-state index contributed by atoms with van der Waals surface area (Å²) in [4.78, 5) is 4.90. The minimum absolute atomic E-state index is 0.129. The lowest BCUT2D eigenvalue weighted by atomic mass is 9.83. The molecule has 4 aromatic rings. The summed E-state index contributed by atoms with van der Waals surface area (Å²) in [6.45, 7) is 15.3. The van der Waals surface area contributed by atoms with Crippen LogP contribution in [0.25, 0.3) is 33.7 Å². The summed E-state index contributed by atoms with van der Waals surface area (Å²) in [7, 11) is 0. The van der Waals surface area contributed by atoms with Crippen LogP contribution in [0.3, 0.4) is 0 Å². The molecule has 2 aromatic heterocycles. The Morgan fingerprint density at radius 3 is 1.97 bits per heavy atom. The van der Waals surface area contributed by atoms with Crippen molar-refractivity contribution in [2.24, 2.45) is 0 Å². The first-order valence-corrected chi connectivity index (χ1v) is 10.2. The van der Waals surface area contributed by atoms with E-state index in [9.17, 15) is 0 Å². The number of hydrogen-bond donors (Lipinski definition) is 0. The van der Waals surface area contributed by atoms with Gasteiger partial charge in [0.25, 0.3) is 0 Å². The van der Waals surface area contributed by atoms with Gasteiger partial charge in [-0.3, -0.25) is 0 Å². The summed E-state index contributed by atoms with van der Waals surface area (Å²) in [5.74, 6) is 0.889. The normalized spacial score (nSPS) is 12.0. The topological polar surface area (TPSA) is 26.0 Å². The Balaban J connectivity index is 1.81. The maximum absolute atomic E-state index is 6.22. The van der Waals surface area contributed by atoms with Crippen molar-refractivity contribution in [3.05, 3.63) is 76.3 Å². The maximum Gasteiger partial charge on any atom is 0.153 e. The second-order valence-electron chi connectivity index (χ2n) is 9.30. The van der Waals surface area contributed by atoms with Gasteiger partial charge in [0.05, 0.1) is 5.69 Å². The summed E-state index contributed by atoms with van der Waals surface area (Å²) in [6, 6.07) is 17.3. The van der Waals surface area contributed by atoms with Gasteiger partial charge >= 0.3 is 0 Å². The number of rotatable bonds is 2. The number of nitrogens with zero attached hydrogens (tertiary/aromatic N) is 1. The molecular weight excluding hydrogens is 354 g/mol. The van der Waals surface area contributed by atoms with E-state index in [1.807, 2.05) is 12.1 Å². The summed E-state index contributed by atoms with van der Waals surface area (Å²) >= 11 is 0. The number of benzene rings is 2. The highest BCUT2D eigenvalue weighted by Crippen LogP contribution is 2.36. The van der Waals surface area contributed by atoms with Crippen LogP contribution in [-0.2, 0) is 5.41 Å². The van der Waals surface area contributed by atoms with E-state index < -0.39 is 0 Å². The molecule has 0 saturated heterocycles. The van der Waals surface area contributed by atoms with Crippen molar-refractivity contribution < 1.29 is 4.42 Å². The second kappa shape index (κ2) is 6.88. The maximum atomic E-state index is 6.22. The third-order valence-electron chi connectivity index (χ3n) is 5.54. The molecule has 29 heavy (non-hydrogen) atoms. The molecule has 0 fully saturated rings. The Bertz CT molecular complexity index is 1180. The van der Waals surface area contributed by atoms with Gasteiger partial charge in [0, 0.05) is 17.2 Å². The Morgan fingerprint density at radius 2 is 1.38 bits per heavy atom. The molecule has 0 saturated carbocycles. The molecular formula is C27H29NO. The fraction of sp³-hybridized carbons (Fsp3) is 0.296. The molecule has 0 unspecified atom stereocenters. The molecule has 0 amide bonds. The first-order chi connectivity index (χ1) is 13.6. The number of pyridine rings is 1. The molecule has 2 nitrogen and oxygen atoms in total. The van der Waals surface area contributed by atoms with Crippen LogP contribution in [0.15, 0.2) is 52.9 Å². The monoisotopic (exact) mass is 383 g/mol. The van der Waals surface area contributed by atoms with Crippen molar-refractivity contribution in [1.82, 2.24) is 4.98 Å². The highest BCUT2D eigenvalue weighted by atomic mass is 16.3. The smallest absolute Gasteiger partial charge is 0.153 e. The second-order valence-corrected chi connectivity index (χ2v) is 9.30. The van der Waals surface area contributed by atoms with Crippen LogP contribution >= 0.6 is 0 Å². The number of fused-ring (bicyclic) bond motifs is 1. The molecule has 0 aliphatic heterocycles. The van der Waals surface area contributed by atoms with Gasteiger partial charge in [-0.05, 0) is 74.1 Å². The standard InChI is InChI=1S/C27H29NO/c1-16-10-17(2)12-20(11-16)22-8-9-24-23(28-22)15-25(29-24)26-18(3)13-21(14-19(26)4)27(5,6)7/h8-15H,1-7H3. The minimum atomic E-state index is 0.129. The highest BCUT2D eigenvalue weighted by Gasteiger charge is 2.19. The third-order valence-corrected chi connectivity index (χ3v) is 5.54. The zero-order chi connectivity index (χ0) is 20.9. The molecule has 0 N–H and O–H groups in total. The first kappa shape index (κ1) is 19.4. The number of aromatic nitrogens is 1. The van der Waals surface area contributed by atoms with Gasteiger partial charge in [0.15, 0.2) is 5.58 Å². The molecule has 4 rings (SSSR count). The zero-order valence-electron chi connectivity index (χ0n) is 18.5. The Labute approximate surface area is 173 Å². The van der Waals surface area contributed by atoms with Crippen molar-refractivity contribution in [1.29, 1.82) is 0 Å². The summed E-state index contributed by atoms with van der Waals surface area (Å²) < 4.78 is 6.22. The van der Waals surface area contributed by atoms with Crippen molar-refractivity contribution in [2.75, 3.05) is 0 Å². The SMILES string of the molecule is Cc1cc(C)cc(-c2ccc3oc(-c4c(C)cc(C(C)(C)C)cc4C)cc3n2)c1. The van der Waals surface area contributed by atoms with Gasteiger partial charge in [-0.15, -0.1) is 0 Å². The average molecular weight is 384 g/mol. The predicted molar refractivity (Wildman–Crippen MR) is 123 cm³/mol. The van der Waals surface area contributed by atoms with E-state index in [0.717, 1.165) is 28.1 Å². The van der Waals surface area contributed by atoms with Gasteiger partial charge in [-0.1, -0.05) is 50.1 Å². The number of aryl methyl sites for hydroxylation is 4. The van der Waals surface area contributed by atoms with Crippen LogP contribution in [0.2, 0.25) is 0 Å². The van der Waals surface area contributed by atoms with Crippen molar-refractivity contribution in [3.63, 3.8) is 0 Å². The predicted octanol–water partition coefficient (Wildman–Crippen LogP) is 7.69. The van der Waals surface area contributed by atoms with Gasteiger partial charge in [0.1, 0.15) is 11.3 Å². The summed E-state index contributed by atoms with van der Waals surface area (Å²) in [5, 5.41) is 0. The molecule has 2 heterocycles. The van der Waals surface area contributed by atoms with Crippen LogP contribution in [0.4, 0.5) is 0 Å². The molecule has 0 bridgehead atoms. The molecule has 2 heteroatoms. The number of furan rings is 1. The van der Waals surface area contributed by atoms with Crippen molar-refractivity contribution in [2.45, 2.75) is 53.9 Å². The fourth-order valence-electron chi connectivity index (χ4n) is 4.12. The lowest BCUT2D eigenvalue weighted by Gasteiger charge is -2.21. The van der Waals surface area contributed by atoms with Crippen LogP contribution in [0, 0.1) is 27.7 Å². The largest absolute Gasteiger partial charge is 0.454 e. The molecule has 0 aliphatic carbocycles. The van der Waals surface area contributed by atoms with Gasteiger partial charge < -0.3 is 4.42 Å². The molecule has 148 valence electrons. The Morgan fingerprint density at radius 1 is 0.759 bits per heavy atom. The molecule has 0 radical (unpaired) electrons. The van der Waals surface area contributed by atoms with E-state index in [1.54, 1.807) is 0 Å². The molecule has 0 aliphatic rings. The minimum Gasteiger partial charge on any atom is -0.454 e. The van der Waals surface area contributed by atoms with Crippen LogP contribution in [-0.4, -0.2) is 4.98 Å².